The molecule has 1 aliphatic heterocycles. The van der Waals surface area contributed by atoms with Crippen molar-refractivity contribution < 1.29 is 8.42 Å². The third-order valence-electron chi connectivity index (χ3n) is 3.36. The van der Waals surface area contributed by atoms with Crippen LogP contribution in [0.1, 0.15) is 12.1 Å². The van der Waals surface area contributed by atoms with Gasteiger partial charge in [0.15, 0.2) is 15.7 Å². The van der Waals surface area contributed by atoms with Crippen LogP contribution in [-0.4, -0.2) is 45.7 Å². The lowest BCUT2D eigenvalue weighted by Crippen LogP contribution is -2.21. The van der Waals surface area contributed by atoms with Crippen molar-refractivity contribution in [2.24, 2.45) is 7.05 Å². The Hall–Kier alpha value is -1.70. The van der Waals surface area contributed by atoms with Gasteiger partial charge in [-0.2, -0.15) is 5.10 Å². The van der Waals surface area contributed by atoms with Gasteiger partial charge in [-0.05, 0) is 13.3 Å². The topological polar surface area (TPSA) is 89.8 Å². The monoisotopic (exact) mass is 281 g/mol. The van der Waals surface area contributed by atoms with E-state index in [1.54, 1.807) is 4.68 Å². The highest BCUT2D eigenvalue weighted by atomic mass is 32.2. The average molecular weight is 281 g/mol. The van der Waals surface area contributed by atoms with Crippen LogP contribution in [0.4, 0.5) is 5.82 Å². The standard InChI is InChI=1S/C11H15N5O2S/c1-7-9-10(16(2)15-7)11(13-6-12-9)14-8-3-4-19(17,18)5-8/h6,8H,3-5H2,1-2H3,(H,12,13,14)/t8-/m0/s1. The Morgan fingerprint density at radius 1 is 1.42 bits per heavy atom. The molecule has 0 radical (unpaired) electrons. The Bertz CT molecular complexity index is 737. The van der Waals surface area contributed by atoms with Crippen molar-refractivity contribution in [1.82, 2.24) is 19.7 Å². The summed E-state index contributed by atoms with van der Waals surface area (Å²) in [5, 5.41) is 7.51. The predicted molar refractivity (Wildman–Crippen MR) is 71.7 cm³/mol. The fourth-order valence-electron chi connectivity index (χ4n) is 2.48. The molecule has 3 heterocycles. The first kappa shape index (κ1) is 12.3. The Morgan fingerprint density at radius 3 is 2.89 bits per heavy atom. The van der Waals surface area contributed by atoms with Gasteiger partial charge in [0.1, 0.15) is 17.4 Å². The minimum absolute atomic E-state index is 0.0849. The molecule has 1 N–H and O–H groups in total. The fraction of sp³-hybridized carbons (Fsp3) is 0.545. The number of hydrogen-bond donors (Lipinski definition) is 1. The van der Waals surface area contributed by atoms with Crippen molar-refractivity contribution in [1.29, 1.82) is 0 Å². The molecular formula is C11H15N5O2S. The van der Waals surface area contributed by atoms with E-state index in [4.69, 9.17) is 0 Å². The highest BCUT2D eigenvalue weighted by molar-refractivity contribution is 7.91. The van der Waals surface area contributed by atoms with Gasteiger partial charge < -0.3 is 5.32 Å². The van der Waals surface area contributed by atoms with Gasteiger partial charge in [0.2, 0.25) is 0 Å². The van der Waals surface area contributed by atoms with Crippen molar-refractivity contribution in [2.75, 3.05) is 16.8 Å². The number of nitrogens with one attached hydrogen (secondary N) is 1. The summed E-state index contributed by atoms with van der Waals surface area (Å²) in [4.78, 5) is 8.43. The minimum atomic E-state index is -2.90. The van der Waals surface area contributed by atoms with Crippen LogP contribution in [0.15, 0.2) is 6.33 Å². The first-order valence-corrected chi connectivity index (χ1v) is 7.90. The number of aromatic nitrogens is 4. The molecule has 0 unspecified atom stereocenters. The zero-order valence-electron chi connectivity index (χ0n) is 10.8. The average Bonchev–Trinajstić information content (AvgIpc) is 2.81. The molecule has 0 amide bonds. The van der Waals surface area contributed by atoms with Gasteiger partial charge in [0.25, 0.3) is 0 Å². The SMILES string of the molecule is Cc1nn(C)c2c(N[C@H]3CCS(=O)(=O)C3)ncnc12. The van der Waals surface area contributed by atoms with Crippen LogP contribution in [0.25, 0.3) is 11.0 Å². The Labute approximate surface area is 111 Å². The molecular weight excluding hydrogens is 266 g/mol. The molecule has 1 saturated heterocycles. The first-order chi connectivity index (χ1) is 8.96. The molecule has 1 aliphatic rings. The summed E-state index contributed by atoms with van der Waals surface area (Å²) in [6.45, 7) is 1.89. The van der Waals surface area contributed by atoms with E-state index < -0.39 is 9.84 Å². The van der Waals surface area contributed by atoms with Gasteiger partial charge in [-0.3, -0.25) is 4.68 Å². The maximum atomic E-state index is 11.5. The summed E-state index contributed by atoms with van der Waals surface area (Å²) in [7, 11) is -1.07. The molecule has 102 valence electrons. The van der Waals surface area contributed by atoms with E-state index in [1.807, 2.05) is 14.0 Å². The van der Waals surface area contributed by atoms with E-state index in [2.05, 4.69) is 20.4 Å². The smallest absolute Gasteiger partial charge is 0.155 e. The van der Waals surface area contributed by atoms with Crippen LogP contribution in [-0.2, 0) is 16.9 Å². The lowest BCUT2D eigenvalue weighted by molar-refractivity contribution is 0.602. The highest BCUT2D eigenvalue weighted by Crippen LogP contribution is 2.23. The van der Waals surface area contributed by atoms with Crippen LogP contribution in [0.5, 0.6) is 0 Å². The molecule has 0 bridgehead atoms. The van der Waals surface area contributed by atoms with E-state index in [1.165, 1.54) is 6.33 Å². The maximum Gasteiger partial charge on any atom is 0.155 e. The van der Waals surface area contributed by atoms with Gasteiger partial charge in [0, 0.05) is 13.1 Å². The van der Waals surface area contributed by atoms with Gasteiger partial charge in [-0.15, -0.1) is 0 Å². The molecule has 8 heteroatoms. The summed E-state index contributed by atoms with van der Waals surface area (Å²) in [6.07, 6.45) is 2.09. The Morgan fingerprint density at radius 2 is 2.21 bits per heavy atom. The van der Waals surface area contributed by atoms with Crippen molar-refractivity contribution in [3.8, 4) is 0 Å². The van der Waals surface area contributed by atoms with E-state index >= 15 is 0 Å². The molecule has 2 aromatic rings. The van der Waals surface area contributed by atoms with E-state index in [0.717, 1.165) is 16.7 Å². The van der Waals surface area contributed by atoms with Gasteiger partial charge in [0.05, 0.1) is 17.2 Å². The van der Waals surface area contributed by atoms with Crippen LogP contribution < -0.4 is 5.32 Å². The Balaban J connectivity index is 1.98. The van der Waals surface area contributed by atoms with E-state index in [0.29, 0.717) is 12.2 Å². The lowest BCUT2D eigenvalue weighted by Gasteiger charge is -2.12. The van der Waals surface area contributed by atoms with Gasteiger partial charge in [-0.25, -0.2) is 18.4 Å². The molecule has 3 rings (SSSR count). The van der Waals surface area contributed by atoms with Crippen molar-refractivity contribution in [3.63, 3.8) is 0 Å². The molecule has 0 aliphatic carbocycles. The summed E-state index contributed by atoms with van der Waals surface area (Å²) in [5.74, 6) is 1.05. The second kappa shape index (κ2) is 4.16. The van der Waals surface area contributed by atoms with Crippen LogP contribution in [0.2, 0.25) is 0 Å². The first-order valence-electron chi connectivity index (χ1n) is 6.07. The second-order valence-corrected chi connectivity index (χ2v) is 7.10. The summed E-state index contributed by atoms with van der Waals surface area (Å²) >= 11 is 0. The number of sulfone groups is 1. The summed E-state index contributed by atoms with van der Waals surface area (Å²) in [5.41, 5.74) is 2.44. The number of fused-ring (bicyclic) bond motifs is 1. The van der Waals surface area contributed by atoms with Crippen LogP contribution in [0.3, 0.4) is 0 Å². The van der Waals surface area contributed by atoms with Crippen LogP contribution in [0, 0.1) is 6.92 Å². The van der Waals surface area contributed by atoms with Crippen molar-refractivity contribution in [3.05, 3.63) is 12.0 Å². The molecule has 0 spiro atoms. The largest absolute Gasteiger partial charge is 0.364 e. The molecule has 0 aromatic carbocycles. The normalized spacial score (nSPS) is 21.9. The number of rotatable bonds is 2. The quantitative estimate of drug-likeness (QED) is 0.850. The number of aryl methyl sites for hydroxylation is 2. The number of anilines is 1. The van der Waals surface area contributed by atoms with Crippen molar-refractivity contribution in [2.45, 2.75) is 19.4 Å². The minimum Gasteiger partial charge on any atom is -0.364 e. The molecule has 19 heavy (non-hydrogen) atoms. The molecule has 2 aromatic heterocycles. The molecule has 0 saturated carbocycles. The van der Waals surface area contributed by atoms with E-state index in [-0.39, 0.29) is 17.5 Å². The number of hydrogen-bond acceptors (Lipinski definition) is 6. The number of nitrogens with zero attached hydrogens (tertiary/aromatic N) is 4. The lowest BCUT2D eigenvalue weighted by atomic mass is 10.2. The third kappa shape index (κ3) is 2.16. The van der Waals surface area contributed by atoms with Gasteiger partial charge in [-0.1, -0.05) is 0 Å². The third-order valence-corrected chi connectivity index (χ3v) is 5.13. The molecule has 1 fully saturated rings. The zero-order valence-corrected chi connectivity index (χ0v) is 11.6. The zero-order chi connectivity index (χ0) is 13.6. The predicted octanol–water partition coefficient (Wildman–Crippen LogP) is 0.271. The summed E-state index contributed by atoms with van der Waals surface area (Å²) < 4.78 is 24.7. The van der Waals surface area contributed by atoms with Crippen molar-refractivity contribution >= 4 is 26.7 Å². The molecule has 1 atom stereocenters. The Kier molecular flexibility index (Phi) is 2.70. The summed E-state index contributed by atoms with van der Waals surface area (Å²) in [6, 6.07) is -0.0849. The second-order valence-electron chi connectivity index (χ2n) is 4.87. The molecule has 7 nitrogen and oxygen atoms in total. The van der Waals surface area contributed by atoms with E-state index in [9.17, 15) is 8.42 Å². The maximum absolute atomic E-state index is 11.5. The van der Waals surface area contributed by atoms with Crippen LogP contribution >= 0.6 is 0 Å². The van der Waals surface area contributed by atoms with Gasteiger partial charge >= 0.3 is 0 Å². The fourth-order valence-corrected chi connectivity index (χ4v) is 4.15. The highest BCUT2D eigenvalue weighted by Gasteiger charge is 2.28.